The first-order valence-corrected chi connectivity index (χ1v) is 4.65. The van der Waals surface area contributed by atoms with Crippen molar-refractivity contribution >= 4 is 15.9 Å². The molecule has 1 aromatic rings. The van der Waals surface area contributed by atoms with E-state index in [9.17, 15) is 0 Å². The molecule has 0 bridgehead atoms. The normalized spacial score (nSPS) is 12.8. The molecular formula is C9H12BrNO. The molecule has 2 nitrogen and oxygen atoms in total. The van der Waals surface area contributed by atoms with E-state index in [1.54, 1.807) is 0 Å². The average molecular weight is 230 g/mol. The molecule has 0 fully saturated rings. The minimum atomic E-state index is -0.0192. The monoisotopic (exact) mass is 229 g/mol. The fourth-order valence-corrected chi connectivity index (χ4v) is 1.29. The molecule has 1 rings (SSSR count). The number of hydrogen-bond donors (Lipinski definition) is 1. The van der Waals surface area contributed by atoms with Crippen LogP contribution in [0.5, 0.6) is 0 Å². The summed E-state index contributed by atoms with van der Waals surface area (Å²) >= 11 is 3.23. The Morgan fingerprint density at radius 3 is 2.92 bits per heavy atom. The molecule has 1 aromatic heterocycles. The average Bonchev–Trinajstić information content (AvgIpc) is 2.47. The molecule has 0 radical (unpaired) electrons. The molecule has 3 heteroatoms. The molecule has 2 N–H and O–H groups in total. The second kappa shape index (κ2) is 4.48. The van der Waals surface area contributed by atoms with Gasteiger partial charge in [-0.15, -0.1) is 6.58 Å². The fraction of sp³-hybridized carbons (Fsp3) is 0.333. The third-order valence-corrected chi connectivity index (χ3v) is 2.07. The van der Waals surface area contributed by atoms with Crippen LogP contribution in [0.25, 0.3) is 0 Å². The van der Waals surface area contributed by atoms with E-state index in [-0.39, 0.29) is 6.04 Å². The molecule has 0 saturated heterocycles. The molecule has 66 valence electrons. The number of allylic oxidation sites excluding steroid dienone is 1. The van der Waals surface area contributed by atoms with Crippen molar-refractivity contribution < 1.29 is 4.42 Å². The lowest BCUT2D eigenvalue weighted by Gasteiger charge is -2.05. The maximum Gasteiger partial charge on any atom is 0.169 e. The molecule has 0 saturated carbocycles. The van der Waals surface area contributed by atoms with E-state index in [2.05, 4.69) is 22.5 Å². The van der Waals surface area contributed by atoms with Crippen LogP contribution < -0.4 is 5.73 Å². The van der Waals surface area contributed by atoms with E-state index >= 15 is 0 Å². The second-order valence-corrected chi connectivity index (χ2v) is 3.40. The molecule has 0 aliphatic carbocycles. The van der Waals surface area contributed by atoms with E-state index in [0.717, 1.165) is 23.3 Å². The van der Waals surface area contributed by atoms with Gasteiger partial charge in [-0.2, -0.15) is 0 Å². The van der Waals surface area contributed by atoms with Crippen molar-refractivity contribution in [3.05, 3.63) is 35.2 Å². The third-order valence-electron chi connectivity index (χ3n) is 1.64. The Hall–Kier alpha value is -0.540. The summed E-state index contributed by atoms with van der Waals surface area (Å²) in [5.41, 5.74) is 5.83. The Morgan fingerprint density at radius 2 is 2.42 bits per heavy atom. The molecule has 0 aliphatic rings. The van der Waals surface area contributed by atoms with Crippen LogP contribution in [-0.2, 0) is 0 Å². The van der Waals surface area contributed by atoms with Gasteiger partial charge in [-0.3, -0.25) is 0 Å². The lowest BCUT2D eigenvalue weighted by Crippen LogP contribution is -2.08. The largest absolute Gasteiger partial charge is 0.453 e. The van der Waals surface area contributed by atoms with Gasteiger partial charge in [0.25, 0.3) is 0 Å². The highest BCUT2D eigenvalue weighted by Gasteiger charge is 2.08. The highest BCUT2D eigenvalue weighted by atomic mass is 79.9. The van der Waals surface area contributed by atoms with Gasteiger partial charge < -0.3 is 10.2 Å². The van der Waals surface area contributed by atoms with E-state index in [0.29, 0.717) is 0 Å². The topological polar surface area (TPSA) is 39.2 Å². The number of nitrogens with two attached hydrogens (primary N) is 1. The molecule has 0 amide bonds. The Kier molecular flexibility index (Phi) is 3.56. The smallest absolute Gasteiger partial charge is 0.169 e. The lowest BCUT2D eigenvalue weighted by molar-refractivity contribution is 0.438. The summed E-state index contributed by atoms with van der Waals surface area (Å²) in [5, 5.41) is 0. The minimum Gasteiger partial charge on any atom is -0.453 e. The molecule has 0 aromatic carbocycles. The summed E-state index contributed by atoms with van der Waals surface area (Å²) in [5.74, 6) is 0.823. The van der Waals surface area contributed by atoms with Crippen molar-refractivity contribution in [2.24, 2.45) is 5.73 Å². The van der Waals surface area contributed by atoms with Gasteiger partial charge in [0.05, 0.1) is 6.04 Å². The zero-order valence-electron chi connectivity index (χ0n) is 6.79. The Labute approximate surface area is 80.6 Å². The summed E-state index contributed by atoms with van der Waals surface area (Å²) in [7, 11) is 0. The molecule has 12 heavy (non-hydrogen) atoms. The summed E-state index contributed by atoms with van der Waals surface area (Å²) in [4.78, 5) is 0. The van der Waals surface area contributed by atoms with Gasteiger partial charge in [-0.1, -0.05) is 6.08 Å². The van der Waals surface area contributed by atoms with Crippen LogP contribution >= 0.6 is 15.9 Å². The van der Waals surface area contributed by atoms with E-state index in [1.165, 1.54) is 0 Å². The van der Waals surface area contributed by atoms with Gasteiger partial charge in [-0.25, -0.2) is 0 Å². The number of halogens is 1. The van der Waals surface area contributed by atoms with Crippen molar-refractivity contribution in [1.29, 1.82) is 0 Å². The van der Waals surface area contributed by atoms with Crippen LogP contribution in [0.1, 0.15) is 24.6 Å². The number of rotatable bonds is 4. The van der Waals surface area contributed by atoms with Gasteiger partial charge >= 0.3 is 0 Å². The Morgan fingerprint density at radius 1 is 1.67 bits per heavy atom. The van der Waals surface area contributed by atoms with Gasteiger partial charge in [0.15, 0.2) is 4.67 Å². The summed E-state index contributed by atoms with van der Waals surface area (Å²) < 4.78 is 6.03. The highest BCUT2D eigenvalue weighted by molar-refractivity contribution is 9.10. The molecule has 1 atom stereocenters. The highest BCUT2D eigenvalue weighted by Crippen LogP contribution is 2.21. The SMILES string of the molecule is C=CCCC(N)c1ccc(Br)o1. The standard InChI is InChI=1S/C9H12BrNO/c1-2-3-4-7(11)8-5-6-9(10)12-8/h2,5-7H,1,3-4,11H2. The molecular weight excluding hydrogens is 218 g/mol. The van der Waals surface area contributed by atoms with Crippen molar-refractivity contribution in [3.8, 4) is 0 Å². The Balaban J connectivity index is 2.52. The first-order valence-electron chi connectivity index (χ1n) is 3.85. The molecule has 1 heterocycles. The van der Waals surface area contributed by atoms with E-state index in [4.69, 9.17) is 10.2 Å². The van der Waals surface area contributed by atoms with Crippen LogP contribution in [0.2, 0.25) is 0 Å². The maximum atomic E-state index is 5.83. The maximum absolute atomic E-state index is 5.83. The van der Waals surface area contributed by atoms with Gasteiger partial charge in [0.1, 0.15) is 5.76 Å². The van der Waals surface area contributed by atoms with E-state index < -0.39 is 0 Å². The van der Waals surface area contributed by atoms with Crippen molar-refractivity contribution in [2.45, 2.75) is 18.9 Å². The van der Waals surface area contributed by atoms with E-state index in [1.807, 2.05) is 18.2 Å². The first kappa shape index (κ1) is 9.55. The molecule has 0 aliphatic heterocycles. The zero-order valence-corrected chi connectivity index (χ0v) is 8.38. The van der Waals surface area contributed by atoms with Gasteiger partial charge in [0, 0.05) is 0 Å². The second-order valence-electron chi connectivity index (χ2n) is 2.61. The number of hydrogen-bond acceptors (Lipinski definition) is 2. The van der Waals surface area contributed by atoms with Crippen LogP contribution in [0.4, 0.5) is 0 Å². The summed E-state index contributed by atoms with van der Waals surface area (Å²) in [6.45, 7) is 3.64. The van der Waals surface area contributed by atoms with Crippen LogP contribution in [0.3, 0.4) is 0 Å². The van der Waals surface area contributed by atoms with Crippen LogP contribution in [-0.4, -0.2) is 0 Å². The Bertz CT molecular complexity index is 257. The van der Waals surface area contributed by atoms with Crippen LogP contribution in [0.15, 0.2) is 33.9 Å². The zero-order chi connectivity index (χ0) is 8.97. The molecule has 1 unspecified atom stereocenters. The van der Waals surface area contributed by atoms with Gasteiger partial charge in [0.2, 0.25) is 0 Å². The van der Waals surface area contributed by atoms with Crippen molar-refractivity contribution in [1.82, 2.24) is 0 Å². The van der Waals surface area contributed by atoms with Crippen molar-refractivity contribution in [3.63, 3.8) is 0 Å². The van der Waals surface area contributed by atoms with Gasteiger partial charge in [-0.05, 0) is 40.9 Å². The minimum absolute atomic E-state index is 0.0192. The molecule has 0 spiro atoms. The fourth-order valence-electron chi connectivity index (χ4n) is 0.967. The first-order chi connectivity index (χ1) is 5.74. The van der Waals surface area contributed by atoms with Crippen LogP contribution in [0, 0.1) is 0 Å². The predicted molar refractivity (Wildman–Crippen MR) is 52.8 cm³/mol. The van der Waals surface area contributed by atoms with Crippen molar-refractivity contribution in [2.75, 3.05) is 0 Å². The number of furan rings is 1. The predicted octanol–water partition coefficient (Wildman–Crippen LogP) is 3.01. The lowest BCUT2D eigenvalue weighted by atomic mass is 10.1. The quantitative estimate of drug-likeness (QED) is 0.807. The summed E-state index contributed by atoms with van der Waals surface area (Å²) in [6.07, 6.45) is 3.65. The third kappa shape index (κ3) is 2.50. The summed E-state index contributed by atoms with van der Waals surface area (Å²) in [6, 6.07) is 3.72.